The highest BCUT2D eigenvalue weighted by atomic mass is 16.5. The van der Waals surface area contributed by atoms with E-state index in [1.54, 1.807) is 0 Å². The van der Waals surface area contributed by atoms with Crippen molar-refractivity contribution >= 4 is 11.6 Å². The Morgan fingerprint density at radius 3 is 2.47 bits per heavy atom. The van der Waals surface area contributed by atoms with E-state index >= 15 is 0 Å². The fourth-order valence-electron chi connectivity index (χ4n) is 3.67. The minimum absolute atomic E-state index is 0.00215. The second-order valence-electron chi connectivity index (χ2n) is 7.09. The summed E-state index contributed by atoms with van der Waals surface area (Å²) in [5.41, 5.74) is 3.51. The first-order valence-corrected chi connectivity index (χ1v) is 10.3. The zero-order chi connectivity index (χ0) is 20.8. The van der Waals surface area contributed by atoms with Crippen LogP contribution >= 0.6 is 0 Å². The number of rotatable bonds is 8. The van der Waals surface area contributed by atoms with Crippen LogP contribution in [0.2, 0.25) is 0 Å². The van der Waals surface area contributed by atoms with Crippen LogP contribution in [-0.2, 0) is 11.3 Å². The molecule has 1 aliphatic rings. The predicted molar refractivity (Wildman–Crippen MR) is 118 cm³/mol. The molecule has 0 aromatic heterocycles. The number of ether oxygens (including phenoxy) is 2. The summed E-state index contributed by atoms with van der Waals surface area (Å²) in [4.78, 5) is 15.3. The maximum absolute atomic E-state index is 13.4. The monoisotopic (exact) mass is 402 g/mol. The van der Waals surface area contributed by atoms with Gasteiger partial charge in [-0.3, -0.25) is 4.79 Å². The van der Waals surface area contributed by atoms with E-state index in [9.17, 15) is 4.79 Å². The van der Waals surface area contributed by atoms with Crippen LogP contribution in [0.25, 0.3) is 0 Å². The number of hydrogen-bond acceptors (Lipinski definition) is 4. The second kappa shape index (κ2) is 9.46. The number of amides is 1. The van der Waals surface area contributed by atoms with Gasteiger partial charge in [0.15, 0.2) is 0 Å². The smallest absolute Gasteiger partial charge is 0.258 e. The molecule has 5 nitrogen and oxygen atoms in total. The highest BCUT2D eigenvalue weighted by Gasteiger charge is 2.34. The molecule has 0 aliphatic carbocycles. The fraction of sp³-hybridized carbons (Fsp3) is 0.240. The van der Waals surface area contributed by atoms with Gasteiger partial charge in [0.1, 0.15) is 18.5 Å². The number of para-hydroxylation sites is 2. The Kier molecular flexibility index (Phi) is 6.30. The lowest BCUT2D eigenvalue weighted by Crippen LogP contribution is -2.42. The van der Waals surface area contributed by atoms with E-state index in [1.807, 2.05) is 90.7 Å². The Morgan fingerprint density at radius 2 is 1.63 bits per heavy atom. The minimum atomic E-state index is -0.337. The molecule has 1 amide bonds. The van der Waals surface area contributed by atoms with Crippen LogP contribution in [0.15, 0.2) is 78.9 Å². The molecule has 4 rings (SSSR count). The Bertz CT molecular complexity index is 990. The van der Waals surface area contributed by atoms with Crippen LogP contribution in [0.5, 0.6) is 5.75 Å². The molecule has 1 aliphatic heterocycles. The average molecular weight is 402 g/mol. The van der Waals surface area contributed by atoms with Crippen LogP contribution in [0.1, 0.15) is 34.6 Å². The Balaban J connectivity index is 1.68. The molecule has 154 valence electrons. The first-order chi connectivity index (χ1) is 14.8. The molecule has 5 heteroatoms. The lowest BCUT2D eigenvalue weighted by atomic mass is 10.0. The van der Waals surface area contributed by atoms with Gasteiger partial charge in [-0.15, -0.1) is 0 Å². The highest BCUT2D eigenvalue weighted by Crippen LogP contribution is 2.37. The zero-order valence-electron chi connectivity index (χ0n) is 17.1. The normalized spacial score (nSPS) is 15.4. The molecule has 0 saturated heterocycles. The summed E-state index contributed by atoms with van der Waals surface area (Å²) >= 11 is 0. The van der Waals surface area contributed by atoms with Gasteiger partial charge in [0.25, 0.3) is 5.91 Å². The molecule has 30 heavy (non-hydrogen) atoms. The van der Waals surface area contributed by atoms with E-state index < -0.39 is 0 Å². The van der Waals surface area contributed by atoms with Gasteiger partial charge < -0.3 is 19.7 Å². The molecule has 0 bridgehead atoms. The Labute approximate surface area is 177 Å². The lowest BCUT2D eigenvalue weighted by Gasteiger charge is -2.38. The van der Waals surface area contributed by atoms with Crippen molar-refractivity contribution in [1.82, 2.24) is 4.90 Å². The number of benzene rings is 3. The van der Waals surface area contributed by atoms with Gasteiger partial charge in [-0.25, -0.2) is 0 Å². The molecule has 3 aromatic carbocycles. The molecule has 1 unspecified atom stereocenters. The lowest BCUT2D eigenvalue weighted by molar-refractivity contribution is 0.0661. The SMILES string of the molecule is CCOCCOc1ccccc1C1Nc2ccccc2C(=O)N1Cc1ccccc1. The molecule has 1 heterocycles. The number of carbonyl (C=O) groups is 1. The van der Waals surface area contributed by atoms with Gasteiger partial charge in [0.2, 0.25) is 0 Å². The third-order valence-electron chi connectivity index (χ3n) is 5.12. The van der Waals surface area contributed by atoms with Gasteiger partial charge in [-0.1, -0.05) is 60.7 Å². The molecule has 3 aromatic rings. The van der Waals surface area contributed by atoms with Gasteiger partial charge in [-0.05, 0) is 30.7 Å². The van der Waals surface area contributed by atoms with Gasteiger partial charge in [0, 0.05) is 24.4 Å². The van der Waals surface area contributed by atoms with Crippen LogP contribution in [-0.4, -0.2) is 30.6 Å². The van der Waals surface area contributed by atoms with E-state index in [1.165, 1.54) is 0 Å². The Morgan fingerprint density at radius 1 is 0.900 bits per heavy atom. The molecule has 0 radical (unpaired) electrons. The van der Waals surface area contributed by atoms with Crippen molar-refractivity contribution in [2.75, 3.05) is 25.1 Å². The summed E-state index contributed by atoms with van der Waals surface area (Å²) in [6.45, 7) is 4.11. The van der Waals surface area contributed by atoms with Gasteiger partial charge in [-0.2, -0.15) is 0 Å². The number of anilines is 1. The summed E-state index contributed by atoms with van der Waals surface area (Å²) in [6.07, 6.45) is -0.337. The molecule has 0 fully saturated rings. The zero-order valence-corrected chi connectivity index (χ0v) is 17.1. The topological polar surface area (TPSA) is 50.8 Å². The van der Waals surface area contributed by atoms with Crippen LogP contribution in [0, 0.1) is 0 Å². The van der Waals surface area contributed by atoms with Crippen molar-refractivity contribution in [1.29, 1.82) is 0 Å². The van der Waals surface area contributed by atoms with Crippen molar-refractivity contribution in [3.8, 4) is 5.75 Å². The van der Waals surface area contributed by atoms with E-state index in [0.717, 1.165) is 22.6 Å². The quantitative estimate of drug-likeness (QED) is 0.546. The summed E-state index contributed by atoms with van der Waals surface area (Å²) < 4.78 is 11.4. The predicted octanol–water partition coefficient (Wildman–Crippen LogP) is 4.87. The maximum Gasteiger partial charge on any atom is 0.258 e. The number of nitrogens with one attached hydrogen (secondary N) is 1. The molecule has 1 N–H and O–H groups in total. The summed E-state index contributed by atoms with van der Waals surface area (Å²) in [5.74, 6) is 0.752. The Hall–Kier alpha value is -3.31. The van der Waals surface area contributed by atoms with Crippen LogP contribution < -0.4 is 10.1 Å². The largest absolute Gasteiger partial charge is 0.491 e. The number of fused-ring (bicyclic) bond motifs is 1. The molecule has 0 saturated carbocycles. The number of nitrogens with zero attached hydrogens (tertiary/aromatic N) is 1. The standard InChI is InChI=1S/C25H26N2O3/c1-2-29-16-17-30-23-15-9-7-13-21(23)24-26-22-14-8-6-12-20(22)25(28)27(24)18-19-10-4-3-5-11-19/h3-15,24,26H,2,16-18H2,1H3. The van der Waals surface area contributed by atoms with Crippen molar-refractivity contribution < 1.29 is 14.3 Å². The van der Waals surface area contributed by atoms with Crippen molar-refractivity contribution in [3.05, 3.63) is 95.6 Å². The number of carbonyl (C=O) groups excluding carboxylic acids is 1. The van der Waals surface area contributed by atoms with Gasteiger partial charge in [0.05, 0.1) is 12.2 Å². The van der Waals surface area contributed by atoms with Gasteiger partial charge >= 0.3 is 0 Å². The van der Waals surface area contributed by atoms with Crippen molar-refractivity contribution in [3.63, 3.8) is 0 Å². The van der Waals surface area contributed by atoms with E-state index in [4.69, 9.17) is 9.47 Å². The summed E-state index contributed by atoms with van der Waals surface area (Å²) in [7, 11) is 0. The van der Waals surface area contributed by atoms with Crippen LogP contribution in [0.3, 0.4) is 0 Å². The first kappa shape index (κ1) is 20.0. The first-order valence-electron chi connectivity index (χ1n) is 10.3. The molecule has 1 atom stereocenters. The fourth-order valence-corrected chi connectivity index (χ4v) is 3.67. The summed E-state index contributed by atoms with van der Waals surface area (Å²) in [6, 6.07) is 25.5. The third-order valence-corrected chi connectivity index (χ3v) is 5.12. The highest BCUT2D eigenvalue weighted by molar-refractivity contribution is 6.01. The van der Waals surface area contributed by atoms with E-state index in [0.29, 0.717) is 31.9 Å². The van der Waals surface area contributed by atoms with Crippen LogP contribution in [0.4, 0.5) is 5.69 Å². The molecular formula is C25H26N2O3. The maximum atomic E-state index is 13.4. The molecule has 0 spiro atoms. The molecular weight excluding hydrogens is 376 g/mol. The van der Waals surface area contributed by atoms with E-state index in [-0.39, 0.29) is 12.1 Å². The van der Waals surface area contributed by atoms with Crippen molar-refractivity contribution in [2.24, 2.45) is 0 Å². The number of hydrogen-bond donors (Lipinski definition) is 1. The third kappa shape index (κ3) is 4.31. The second-order valence-corrected chi connectivity index (χ2v) is 7.09. The summed E-state index contributed by atoms with van der Waals surface area (Å²) in [5, 5.41) is 3.55. The van der Waals surface area contributed by atoms with Crippen molar-refractivity contribution in [2.45, 2.75) is 19.6 Å². The average Bonchev–Trinajstić information content (AvgIpc) is 2.79. The minimum Gasteiger partial charge on any atom is -0.491 e. The van der Waals surface area contributed by atoms with E-state index in [2.05, 4.69) is 5.32 Å².